The number of amides is 2. The summed E-state index contributed by atoms with van der Waals surface area (Å²) >= 11 is 0. The molecule has 0 saturated carbocycles. The summed E-state index contributed by atoms with van der Waals surface area (Å²) in [4.78, 5) is 24.3. The largest absolute Gasteiger partial charge is 0.493 e. The first-order valence-corrected chi connectivity index (χ1v) is 9.35. The van der Waals surface area contributed by atoms with E-state index in [1.807, 2.05) is 32.1 Å². The zero-order valence-electron chi connectivity index (χ0n) is 17.5. The van der Waals surface area contributed by atoms with Gasteiger partial charge in [-0.3, -0.25) is 20.4 Å². The number of carbonyl (C=O) groups excluding carboxylic acids is 2. The van der Waals surface area contributed by atoms with Gasteiger partial charge in [0.1, 0.15) is 0 Å². The Labute approximate surface area is 175 Å². The molecular weight excluding hydrogens is 388 g/mol. The van der Waals surface area contributed by atoms with E-state index in [9.17, 15) is 9.59 Å². The van der Waals surface area contributed by atoms with Gasteiger partial charge in [0.05, 0.1) is 20.8 Å². The number of allylic oxidation sites excluding steroid dienone is 1. The van der Waals surface area contributed by atoms with E-state index < -0.39 is 11.8 Å². The maximum absolute atomic E-state index is 12.3. The molecule has 0 unspecified atom stereocenters. The van der Waals surface area contributed by atoms with Crippen LogP contribution in [0.3, 0.4) is 0 Å². The van der Waals surface area contributed by atoms with Crippen LogP contribution in [0.2, 0.25) is 0 Å². The van der Waals surface area contributed by atoms with E-state index in [0.717, 1.165) is 5.56 Å². The summed E-state index contributed by atoms with van der Waals surface area (Å²) < 4.78 is 21.4. The molecule has 2 amide bonds. The second kappa shape index (κ2) is 11.4. The Bertz CT molecular complexity index is 910. The average Bonchev–Trinajstić information content (AvgIpc) is 2.77. The molecule has 8 heteroatoms. The number of carbonyl (C=O) groups is 2. The van der Waals surface area contributed by atoms with Crippen LogP contribution >= 0.6 is 0 Å². The molecule has 2 rings (SSSR count). The van der Waals surface area contributed by atoms with Gasteiger partial charge < -0.3 is 18.9 Å². The van der Waals surface area contributed by atoms with Crippen LogP contribution in [0.1, 0.15) is 29.8 Å². The Balaban J connectivity index is 1.91. The van der Waals surface area contributed by atoms with E-state index in [4.69, 9.17) is 18.9 Å². The number of benzene rings is 2. The minimum Gasteiger partial charge on any atom is -0.493 e. The molecule has 0 fully saturated rings. The molecular formula is C22H26N2O6. The van der Waals surface area contributed by atoms with Crippen LogP contribution in [0.25, 0.3) is 6.08 Å². The number of methoxy groups -OCH3 is 2. The molecule has 160 valence electrons. The van der Waals surface area contributed by atoms with Crippen molar-refractivity contribution in [2.75, 3.05) is 27.4 Å². The molecule has 0 atom stereocenters. The highest BCUT2D eigenvalue weighted by Crippen LogP contribution is 2.29. The Kier molecular flexibility index (Phi) is 8.56. The third-order valence-corrected chi connectivity index (χ3v) is 3.95. The first kappa shape index (κ1) is 22.6. The van der Waals surface area contributed by atoms with Gasteiger partial charge in [-0.25, -0.2) is 0 Å². The van der Waals surface area contributed by atoms with Crippen molar-refractivity contribution in [3.05, 3.63) is 53.6 Å². The van der Waals surface area contributed by atoms with Crippen molar-refractivity contribution < 1.29 is 28.5 Å². The monoisotopic (exact) mass is 414 g/mol. The Morgan fingerprint density at radius 2 is 1.57 bits per heavy atom. The summed E-state index contributed by atoms with van der Waals surface area (Å²) in [5, 5.41) is 0. The van der Waals surface area contributed by atoms with Crippen LogP contribution in [0, 0.1) is 0 Å². The fourth-order valence-corrected chi connectivity index (χ4v) is 2.56. The summed E-state index contributed by atoms with van der Waals surface area (Å²) in [6.07, 6.45) is 3.83. The Morgan fingerprint density at radius 1 is 0.900 bits per heavy atom. The third kappa shape index (κ3) is 6.16. The van der Waals surface area contributed by atoms with E-state index in [1.54, 1.807) is 24.3 Å². The molecule has 8 nitrogen and oxygen atoms in total. The van der Waals surface area contributed by atoms with Crippen molar-refractivity contribution in [2.45, 2.75) is 13.8 Å². The summed E-state index contributed by atoms with van der Waals surface area (Å²) in [6.45, 7) is 3.94. The van der Waals surface area contributed by atoms with E-state index in [2.05, 4.69) is 10.9 Å². The fourth-order valence-electron chi connectivity index (χ4n) is 2.56. The zero-order chi connectivity index (χ0) is 21.9. The van der Waals surface area contributed by atoms with Crippen molar-refractivity contribution in [1.82, 2.24) is 10.9 Å². The normalized spacial score (nSPS) is 10.4. The Morgan fingerprint density at radius 3 is 2.23 bits per heavy atom. The molecule has 2 N–H and O–H groups in total. The van der Waals surface area contributed by atoms with Gasteiger partial charge in [-0.1, -0.05) is 18.2 Å². The number of hydrogen-bond donors (Lipinski definition) is 2. The SMILES string of the molecule is C/C=C/c1ccc(OCC(=O)NNC(=O)c2ccc(OCC)c(OC)c2)c(OC)c1. The highest BCUT2D eigenvalue weighted by Gasteiger charge is 2.13. The highest BCUT2D eigenvalue weighted by molar-refractivity contribution is 5.96. The predicted molar refractivity (Wildman–Crippen MR) is 113 cm³/mol. The van der Waals surface area contributed by atoms with Gasteiger partial charge in [0.15, 0.2) is 29.6 Å². The lowest BCUT2D eigenvalue weighted by Crippen LogP contribution is -2.43. The first-order chi connectivity index (χ1) is 14.5. The number of nitrogens with one attached hydrogen (secondary N) is 2. The van der Waals surface area contributed by atoms with Gasteiger partial charge in [-0.2, -0.15) is 0 Å². The number of rotatable bonds is 9. The number of hydrazine groups is 1. The molecule has 2 aromatic rings. The Hall–Kier alpha value is -3.68. The molecule has 0 aliphatic rings. The van der Waals surface area contributed by atoms with Crippen LogP contribution in [0.15, 0.2) is 42.5 Å². The van der Waals surface area contributed by atoms with E-state index in [0.29, 0.717) is 35.2 Å². The van der Waals surface area contributed by atoms with Gasteiger partial charge in [0, 0.05) is 5.56 Å². The third-order valence-electron chi connectivity index (χ3n) is 3.95. The summed E-state index contributed by atoms with van der Waals surface area (Å²) in [5.74, 6) is 0.849. The molecule has 0 aliphatic heterocycles. The summed E-state index contributed by atoms with van der Waals surface area (Å²) in [5.41, 5.74) is 5.90. The van der Waals surface area contributed by atoms with E-state index in [1.165, 1.54) is 20.3 Å². The summed E-state index contributed by atoms with van der Waals surface area (Å²) in [7, 11) is 3.00. The average molecular weight is 414 g/mol. The van der Waals surface area contributed by atoms with Crippen LogP contribution < -0.4 is 29.8 Å². The van der Waals surface area contributed by atoms with Crippen LogP contribution in [0.5, 0.6) is 23.0 Å². The quantitative estimate of drug-likeness (QED) is 0.613. The maximum atomic E-state index is 12.3. The molecule has 0 saturated heterocycles. The van der Waals surface area contributed by atoms with Crippen molar-refractivity contribution in [3.8, 4) is 23.0 Å². The molecule has 0 aromatic heterocycles. The van der Waals surface area contributed by atoms with Gasteiger partial charge in [-0.05, 0) is 49.7 Å². The van der Waals surface area contributed by atoms with E-state index in [-0.39, 0.29) is 6.61 Å². The second-order valence-electron chi connectivity index (χ2n) is 6.00. The van der Waals surface area contributed by atoms with Gasteiger partial charge in [0.2, 0.25) is 0 Å². The molecule has 0 heterocycles. The van der Waals surface area contributed by atoms with E-state index >= 15 is 0 Å². The predicted octanol–water partition coefficient (Wildman–Crippen LogP) is 2.98. The van der Waals surface area contributed by atoms with Gasteiger partial charge in [0.25, 0.3) is 11.8 Å². The van der Waals surface area contributed by atoms with Crippen molar-refractivity contribution in [2.24, 2.45) is 0 Å². The number of hydrogen-bond acceptors (Lipinski definition) is 6. The summed E-state index contributed by atoms with van der Waals surface area (Å²) in [6, 6.07) is 10.1. The standard InChI is InChI=1S/C22H26N2O6/c1-5-7-15-8-10-18(19(12-15)27-3)30-14-21(25)23-24-22(26)16-9-11-17(29-6-2)20(13-16)28-4/h5,7-13H,6,14H2,1-4H3,(H,23,25)(H,24,26)/b7-5+. The van der Waals surface area contributed by atoms with Crippen LogP contribution in [0.4, 0.5) is 0 Å². The minimum absolute atomic E-state index is 0.299. The molecule has 2 aromatic carbocycles. The molecule has 0 aliphatic carbocycles. The smallest absolute Gasteiger partial charge is 0.276 e. The second-order valence-corrected chi connectivity index (χ2v) is 6.00. The first-order valence-electron chi connectivity index (χ1n) is 9.35. The van der Waals surface area contributed by atoms with Crippen LogP contribution in [-0.4, -0.2) is 39.2 Å². The lowest BCUT2D eigenvalue weighted by atomic mass is 10.2. The molecule has 0 bridgehead atoms. The molecule has 0 spiro atoms. The molecule has 0 radical (unpaired) electrons. The van der Waals surface area contributed by atoms with Crippen molar-refractivity contribution >= 4 is 17.9 Å². The highest BCUT2D eigenvalue weighted by atomic mass is 16.5. The van der Waals surface area contributed by atoms with Gasteiger partial charge in [-0.15, -0.1) is 0 Å². The number of ether oxygens (including phenoxy) is 4. The lowest BCUT2D eigenvalue weighted by Gasteiger charge is -2.13. The topological polar surface area (TPSA) is 95.1 Å². The van der Waals surface area contributed by atoms with Crippen molar-refractivity contribution in [1.29, 1.82) is 0 Å². The lowest BCUT2D eigenvalue weighted by molar-refractivity contribution is -0.123. The van der Waals surface area contributed by atoms with Gasteiger partial charge >= 0.3 is 0 Å². The maximum Gasteiger partial charge on any atom is 0.276 e. The zero-order valence-corrected chi connectivity index (χ0v) is 17.5. The van der Waals surface area contributed by atoms with Crippen molar-refractivity contribution in [3.63, 3.8) is 0 Å². The fraction of sp³-hybridized carbons (Fsp3) is 0.273. The molecule has 30 heavy (non-hydrogen) atoms. The minimum atomic E-state index is -0.527. The van der Waals surface area contributed by atoms with Crippen LogP contribution in [-0.2, 0) is 4.79 Å².